The Labute approximate surface area is 224 Å². The van der Waals surface area contributed by atoms with Crippen molar-refractivity contribution in [2.24, 2.45) is 0 Å². The summed E-state index contributed by atoms with van der Waals surface area (Å²) in [5, 5.41) is 7.39. The molecule has 3 aromatic carbocycles. The zero-order chi connectivity index (χ0) is 24.0. The smallest absolute Gasteiger partial charge is 0.274 e. The Morgan fingerprint density at radius 1 is 0.833 bits per heavy atom. The second-order valence-corrected chi connectivity index (χ2v) is 10.00. The van der Waals surface area contributed by atoms with Crippen molar-refractivity contribution in [1.29, 1.82) is 0 Å². The molecule has 1 unspecified atom stereocenters. The van der Waals surface area contributed by atoms with E-state index in [0.717, 1.165) is 78.8 Å². The molecule has 1 aliphatic heterocycles. The van der Waals surface area contributed by atoms with E-state index in [1.807, 2.05) is 48.5 Å². The van der Waals surface area contributed by atoms with E-state index < -0.39 is 0 Å². The third-order valence-electron chi connectivity index (χ3n) is 7.11. The first kappa shape index (κ1) is 26.4. The highest BCUT2D eigenvalue weighted by Gasteiger charge is 2.22. The molecule has 2 heterocycles. The molecule has 0 bridgehead atoms. The molecule has 0 N–H and O–H groups in total. The number of halogens is 2. The van der Waals surface area contributed by atoms with Gasteiger partial charge in [0.05, 0.1) is 17.1 Å². The minimum Gasteiger partial charge on any atom is -0.303 e. The lowest BCUT2D eigenvalue weighted by Crippen LogP contribution is -2.30. The monoisotopic (exact) mass is 521 g/mol. The maximum Gasteiger partial charge on any atom is 0.274 e. The van der Waals surface area contributed by atoms with E-state index in [4.69, 9.17) is 16.7 Å². The molecule has 4 nitrogen and oxygen atoms in total. The molecule has 1 aliphatic rings. The molecular formula is C30H33Cl2N3O. The lowest BCUT2D eigenvalue weighted by Gasteiger charge is -2.21. The van der Waals surface area contributed by atoms with Crippen molar-refractivity contribution in [3.63, 3.8) is 0 Å². The van der Waals surface area contributed by atoms with Crippen molar-refractivity contribution >= 4 is 34.8 Å². The number of fused-ring (bicyclic) bond motifs is 1. The van der Waals surface area contributed by atoms with Crippen molar-refractivity contribution in [2.45, 2.75) is 44.6 Å². The molecule has 0 radical (unpaired) electrons. The van der Waals surface area contributed by atoms with Gasteiger partial charge in [0.25, 0.3) is 5.56 Å². The van der Waals surface area contributed by atoms with Gasteiger partial charge in [0.15, 0.2) is 0 Å². The first-order valence-electron chi connectivity index (χ1n) is 12.7. The normalized spacial score (nSPS) is 16.4. The quantitative estimate of drug-likeness (QED) is 0.270. The number of nitrogens with zero attached hydrogens (tertiary/aromatic N) is 3. The highest BCUT2D eigenvalue weighted by atomic mass is 35.5. The zero-order valence-electron chi connectivity index (χ0n) is 20.5. The van der Waals surface area contributed by atoms with E-state index in [-0.39, 0.29) is 24.0 Å². The third-order valence-corrected chi connectivity index (χ3v) is 7.36. The average Bonchev–Trinajstić information content (AvgIpc) is 3.13. The van der Waals surface area contributed by atoms with Gasteiger partial charge in [-0.1, -0.05) is 72.3 Å². The van der Waals surface area contributed by atoms with Crippen LogP contribution in [0, 0.1) is 0 Å². The summed E-state index contributed by atoms with van der Waals surface area (Å²) in [6, 6.07) is 26.6. The molecule has 1 atom stereocenters. The molecule has 5 rings (SSSR count). The summed E-state index contributed by atoms with van der Waals surface area (Å²) in [5.41, 5.74) is 3.53. The van der Waals surface area contributed by atoms with E-state index in [2.05, 4.69) is 35.2 Å². The molecular weight excluding hydrogens is 489 g/mol. The molecule has 1 saturated heterocycles. The van der Waals surface area contributed by atoms with E-state index in [1.165, 1.54) is 5.56 Å². The fourth-order valence-electron chi connectivity index (χ4n) is 5.21. The fourth-order valence-corrected chi connectivity index (χ4v) is 5.33. The average molecular weight is 523 g/mol. The van der Waals surface area contributed by atoms with Crippen molar-refractivity contribution in [1.82, 2.24) is 14.7 Å². The van der Waals surface area contributed by atoms with E-state index in [9.17, 15) is 4.79 Å². The number of hydrogen-bond donors (Lipinski definition) is 0. The molecule has 4 aromatic rings. The van der Waals surface area contributed by atoms with E-state index >= 15 is 0 Å². The van der Waals surface area contributed by atoms with Crippen molar-refractivity contribution in [2.75, 3.05) is 19.6 Å². The van der Waals surface area contributed by atoms with Crippen LogP contribution in [0.15, 0.2) is 83.7 Å². The standard InChI is InChI=1S/C30H32ClN3O.ClH/c31-25-16-14-24(15-17-25)22-29-27-12-4-5-13-28(27)30(35)34(32-29)26-11-7-20-33(21-18-26)19-6-10-23-8-2-1-3-9-23;/h1-5,8-9,12-17,26H,6-7,10-11,18-22H2;1H. The van der Waals surface area contributed by atoms with E-state index in [0.29, 0.717) is 6.42 Å². The summed E-state index contributed by atoms with van der Waals surface area (Å²) >= 11 is 6.08. The minimum absolute atomic E-state index is 0. The highest BCUT2D eigenvalue weighted by molar-refractivity contribution is 6.30. The van der Waals surface area contributed by atoms with Gasteiger partial charge in [0.1, 0.15) is 0 Å². The largest absolute Gasteiger partial charge is 0.303 e. The number of aromatic nitrogens is 2. The Hall–Kier alpha value is -2.66. The first-order valence-corrected chi connectivity index (χ1v) is 13.1. The molecule has 6 heteroatoms. The summed E-state index contributed by atoms with van der Waals surface area (Å²) in [5.74, 6) is 0. The van der Waals surface area contributed by atoms with Gasteiger partial charge < -0.3 is 4.90 Å². The van der Waals surface area contributed by atoms with Crippen LogP contribution in [0.5, 0.6) is 0 Å². The Bertz CT molecular complexity index is 1320. The lowest BCUT2D eigenvalue weighted by atomic mass is 10.0. The van der Waals surface area contributed by atoms with Crippen LogP contribution in [0.1, 0.15) is 48.5 Å². The molecule has 0 saturated carbocycles. The van der Waals surface area contributed by atoms with Gasteiger partial charge in [0.2, 0.25) is 0 Å². The first-order chi connectivity index (χ1) is 17.2. The van der Waals surface area contributed by atoms with E-state index in [1.54, 1.807) is 4.68 Å². The van der Waals surface area contributed by atoms with Crippen LogP contribution in [0.2, 0.25) is 5.02 Å². The highest BCUT2D eigenvalue weighted by Crippen LogP contribution is 2.24. The van der Waals surface area contributed by atoms with Gasteiger partial charge in [0, 0.05) is 23.4 Å². The number of aryl methyl sites for hydroxylation is 1. The van der Waals surface area contributed by atoms with Crippen molar-refractivity contribution < 1.29 is 0 Å². The van der Waals surface area contributed by atoms with Gasteiger partial charge in [-0.3, -0.25) is 4.79 Å². The maximum absolute atomic E-state index is 13.5. The fraction of sp³-hybridized carbons (Fsp3) is 0.333. The molecule has 0 aliphatic carbocycles. The zero-order valence-corrected chi connectivity index (χ0v) is 22.1. The molecule has 1 fully saturated rings. The predicted octanol–water partition coefficient (Wildman–Crippen LogP) is 6.72. The Kier molecular flexibility index (Phi) is 9.19. The van der Waals surface area contributed by atoms with Gasteiger partial charge >= 0.3 is 0 Å². The number of hydrogen-bond acceptors (Lipinski definition) is 3. The Morgan fingerprint density at radius 3 is 2.33 bits per heavy atom. The second kappa shape index (κ2) is 12.5. The minimum atomic E-state index is 0. The molecule has 188 valence electrons. The molecule has 0 amide bonds. The van der Waals surface area contributed by atoms with Gasteiger partial charge in [-0.05, 0) is 74.5 Å². The summed E-state index contributed by atoms with van der Waals surface area (Å²) in [7, 11) is 0. The van der Waals surface area contributed by atoms with Gasteiger partial charge in [-0.2, -0.15) is 5.10 Å². The summed E-state index contributed by atoms with van der Waals surface area (Å²) in [6.45, 7) is 3.20. The molecule has 0 spiro atoms. The van der Waals surface area contributed by atoms with Crippen LogP contribution in [-0.2, 0) is 12.8 Å². The van der Waals surface area contributed by atoms with Crippen molar-refractivity contribution in [3.05, 3.63) is 111 Å². The summed E-state index contributed by atoms with van der Waals surface area (Å²) in [4.78, 5) is 16.0. The summed E-state index contributed by atoms with van der Waals surface area (Å²) < 4.78 is 1.79. The topological polar surface area (TPSA) is 38.1 Å². The van der Waals surface area contributed by atoms with Crippen LogP contribution >= 0.6 is 24.0 Å². The van der Waals surface area contributed by atoms with Gasteiger partial charge in [-0.15, -0.1) is 12.4 Å². The molecule has 1 aromatic heterocycles. The number of likely N-dealkylation sites (tertiary alicyclic amines) is 1. The van der Waals surface area contributed by atoms with Crippen LogP contribution in [0.4, 0.5) is 0 Å². The number of rotatable bonds is 7. The van der Waals surface area contributed by atoms with Crippen LogP contribution < -0.4 is 5.56 Å². The SMILES string of the molecule is Cl.O=c1c2ccccc2c(Cc2ccc(Cl)cc2)nn1C1CCCN(CCCc2ccccc2)CC1. The molecule has 36 heavy (non-hydrogen) atoms. The number of benzene rings is 3. The lowest BCUT2D eigenvalue weighted by molar-refractivity contribution is 0.275. The van der Waals surface area contributed by atoms with Crippen LogP contribution in [-0.4, -0.2) is 34.3 Å². The third kappa shape index (κ3) is 6.36. The Morgan fingerprint density at radius 2 is 1.56 bits per heavy atom. The van der Waals surface area contributed by atoms with Crippen LogP contribution in [0.3, 0.4) is 0 Å². The maximum atomic E-state index is 13.5. The van der Waals surface area contributed by atoms with Crippen molar-refractivity contribution in [3.8, 4) is 0 Å². The van der Waals surface area contributed by atoms with Crippen LogP contribution in [0.25, 0.3) is 10.8 Å². The second-order valence-electron chi connectivity index (χ2n) is 9.56. The predicted molar refractivity (Wildman–Crippen MR) is 152 cm³/mol. The summed E-state index contributed by atoms with van der Waals surface area (Å²) in [6.07, 6.45) is 5.98. The Balaban J connectivity index is 0.00000304. The van der Waals surface area contributed by atoms with Gasteiger partial charge in [-0.25, -0.2) is 4.68 Å².